The molecule has 1 fully saturated rings. The summed E-state index contributed by atoms with van der Waals surface area (Å²) in [6.45, 7) is 7.28. The largest absolute Gasteiger partial charge is 0.332 e. The van der Waals surface area contributed by atoms with Crippen LogP contribution in [0.5, 0.6) is 0 Å². The minimum Gasteiger partial charge on any atom is -0.332 e. The van der Waals surface area contributed by atoms with Gasteiger partial charge in [-0.2, -0.15) is 24.8 Å². The molecule has 8 nitrogen and oxygen atoms in total. The normalized spacial score (nSPS) is 15.2. The number of nitriles is 1. The zero-order valence-corrected chi connectivity index (χ0v) is 14.7. The Labute approximate surface area is 151 Å². The number of likely N-dealkylation sites (N-methyl/N-ethyl adjacent to an activating group) is 1. The van der Waals surface area contributed by atoms with E-state index in [1.54, 1.807) is 9.42 Å². The molecule has 0 unspecified atom stereocenters. The molecule has 26 heavy (non-hydrogen) atoms. The number of aromatic nitrogens is 4. The number of quaternary nitrogens is 1. The van der Waals surface area contributed by atoms with Crippen LogP contribution in [0.1, 0.15) is 12.5 Å². The van der Waals surface area contributed by atoms with Crippen LogP contribution in [0.3, 0.4) is 0 Å². The summed E-state index contributed by atoms with van der Waals surface area (Å²) in [5.41, 5.74) is 1.89. The number of para-hydroxylation sites is 1. The van der Waals surface area contributed by atoms with Gasteiger partial charge < -0.3 is 15.1 Å². The third kappa shape index (κ3) is 3.05. The maximum absolute atomic E-state index is 9.37. The first-order valence-electron chi connectivity index (χ1n) is 8.85. The topological polar surface area (TPSA) is 86.6 Å². The maximum Gasteiger partial charge on any atom is 0.233 e. The highest BCUT2D eigenvalue weighted by Gasteiger charge is 2.23. The Morgan fingerprint density at radius 3 is 2.65 bits per heavy atom. The first-order chi connectivity index (χ1) is 12.8. The van der Waals surface area contributed by atoms with Gasteiger partial charge in [-0.3, -0.25) is 0 Å². The van der Waals surface area contributed by atoms with Crippen molar-refractivity contribution in [1.82, 2.24) is 19.6 Å². The van der Waals surface area contributed by atoms with Crippen molar-refractivity contribution in [2.75, 3.05) is 42.9 Å². The van der Waals surface area contributed by atoms with Crippen molar-refractivity contribution in [2.24, 2.45) is 0 Å². The second-order valence-electron chi connectivity index (χ2n) is 6.33. The molecule has 3 aromatic rings. The molecule has 2 N–H and O–H groups in total. The SMILES string of the molecule is CC[NH+]1CCN(c2nc(Nc3ccccc3)n3ncc(C#N)c3n2)CC1. The van der Waals surface area contributed by atoms with Crippen LogP contribution in [-0.4, -0.2) is 52.3 Å². The first-order valence-corrected chi connectivity index (χ1v) is 8.85. The Morgan fingerprint density at radius 2 is 1.96 bits per heavy atom. The van der Waals surface area contributed by atoms with Crippen molar-refractivity contribution >= 4 is 23.2 Å². The second-order valence-corrected chi connectivity index (χ2v) is 6.33. The van der Waals surface area contributed by atoms with Crippen molar-refractivity contribution in [3.05, 3.63) is 42.1 Å². The Balaban J connectivity index is 1.73. The molecule has 8 heteroatoms. The summed E-state index contributed by atoms with van der Waals surface area (Å²) in [6.07, 6.45) is 1.53. The van der Waals surface area contributed by atoms with Gasteiger partial charge in [-0.1, -0.05) is 18.2 Å². The Kier molecular flexibility index (Phi) is 4.37. The highest BCUT2D eigenvalue weighted by atomic mass is 15.4. The van der Waals surface area contributed by atoms with E-state index in [1.807, 2.05) is 30.3 Å². The lowest BCUT2D eigenvalue weighted by molar-refractivity contribution is -0.898. The van der Waals surface area contributed by atoms with E-state index >= 15 is 0 Å². The van der Waals surface area contributed by atoms with Gasteiger partial charge in [0.25, 0.3) is 0 Å². The molecule has 2 aromatic heterocycles. The van der Waals surface area contributed by atoms with Crippen molar-refractivity contribution in [3.8, 4) is 6.07 Å². The minimum atomic E-state index is 0.447. The molecule has 1 aromatic carbocycles. The molecule has 1 aliphatic rings. The van der Waals surface area contributed by atoms with Crippen LogP contribution in [0.15, 0.2) is 36.5 Å². The molecule has 3 heterocycles. The molecule has 132 valence electrons. The van der Waals surface area contributed by atoms with Gasteiger partial charge in [0.05, 0.1) is 38.9 Å². The Morgan fingerprint density at radius 1 is 1.19 bits per heavy atom. The van der Waals surface area contributed by atoms with E-state index in [1.165, 1.54) is 6.20 Å². The van der Waals surface area contributed by atoms with Gasteiger partial charge in [0.15, 0.2) is 5.65 Å². The van der Waals surface area contributed by atoms with Crippen LogP contribution < -0.4 is 15.1 Å². The predicted molar refractivity (Wildman–Crippen MR) is 98.7 cm³/mol. The molecule has 1 saturated heterocycles. The summed E-state index contributed by atoms with van der Waals surface area (Å²) in [5, 5.41) is 16.9. The lowest BCUT2D eigenvalue weighted by atomic mass is 10.3. The molecular weight excluding hydrogens is 328 g/mol. The van der Waals surface area contributed by atoms with Gasteiger partial charge in [-0.25, -0.2) is 0 Å². The first kappa shape index (κ1) is 16.3. The highest BCUT2D eigenvalue weighted by Crippen LogP contribution is 2.20. The van der Waals surface area contributed by atoms with Crippen molar-refractivity contribution in [2.45, 2.75) is 6.92 Å². The van der Waals surface area contributed by atoms with Gasteiger partial charge in [0.2, 0.25) is 11.9 Å². The number of hydrogen-bond donors (Lipinski definition) is 2. The third-order valence-corrected chi connectivity index (χ3v) is 4.76. The van der Waals surface area contributed by atoms with Crippen LogP contribution in [0.4, 0.5) is 17.6 Å². The molecule has 4 rings (SSSR count). The lowest BCUT2D eigenvalue weighted by Gasteiger charge is -2.31. The zero-order chi connectivity index (χ0) is 17.9. The molecular formula is C18H21N8+. The molecule has 0 radical (unpaired) electrons. The molecule has 0 bridgehead atoms. The number of hydrogen-bond acceptors (Lipinski definition) is 6. The van der Waals surface area contributed by atoms with E-state index in [0.29, 0.717) is 23.1 Å². The second kappa shape index (κ2) is 6.98. The van der Waals surface area contributed by atoms with Crippen molar-refractivity contribution < 1.29 is 4.90 Å². The van der Waals surface area contributed by atoms with Gasteiger partial charge >= 0.3 is 0 Å². The van der Waals surface area contributed by atoms with Gasteiger partial charge in [0, 0.05) is 5.69 Å². The average molecular weight is 349 g/mol. The number of anilines is 3. The Hall–Kier alpha value is -3.18. The molecule has 0 atom stereocenters. The van der Waals surface area contributed by atoms with E-state index in [0.717, 1.165) is 38.4 Å². The van der Waals surface area contributed by atoms with Gasteiger partial charge in [-0.05, 0) is 19.1 Å². The Bertz CT molecular complexity index is 935. The average Bonchev–Trinajstić information content (AvgIpc) is 3.12. The number of piperazine rings is 1. The number of nitrogens with one attached hydrogen (secondary N) is 2. The van der Waals surface area contributed by atoms with Crippen LogP contribution in [0, 0.1) is 11.3 Å². The predicted octanol–water partition coefficient (Wildman–Crippen LogP) is 0.464. The summed E-state index contributed by atoms with van der Waals surface area (Å²) in [4.78, 5) is 13.1. The summed E-state index contributed by atoms with van der Waals surface area (Å²) in [6, 6.07) is 12.0. The quantitative estimate of drug-likeness (QED) is 0.712. The number of benzene rings is 1. The molecule has 0 aliphatic carbocycles. The smallest absolute Gasteiger partial charge is 0.233 e. The van der Waals surface area contributed by atoms with Crippen LogP contribution in [0.2, 0.25) is 0 Å². The number of fused-ring (bicyclic) bond motifs is 1. The zero-order valence-electron chi connectivity index (χ0n) is 14.7. The van der Waals surface area contributed by atoms with E-state index in [-0.39, 0.29) is 0 Å². The number of rotatable bonds is 4. The van der Waals surface area contributed by atoms with Crippen LogP contribution in [0.25, 0.3) is 5.65 Å². The van der Waals surface area contributed by atoms with Crippen molar-refractivity contribution in [1.29, 1.82) is 5.26 Å². The summed E-state index contributed by atoms with van der Waals surface area (Å²) in [7, 11) is 0. The van der Waals surface area contributed by atoms with E-state index in [4.69, 9.17) is 4.98 Å². The molecule has 0 amide bonds. The van der Waals surface area contributed by atoms with Crippen LogP contribution in [-0.2, 0) is 0 Å². The van der Waals surface area contributed by atoms with Crippen LogP contribution >= 0.6 is 0 Å². The molecule has 0 saturated carbocycles. The minimum absolute atomic E-state index is 0.447. The summed E-state index contributed by atoms with van der Waals surface area (Å²) >= 11 is 0. The van der Waals surface area contributed by atoms with Gasteiger partial charge in [0.1, 0.15) is 11.6 Å². The maximum atomic E-state index is 9.37. The van der Waals surface area contributed by atoms with E-state index < -0.39 is 0 Å². The van der Waals surface area contributed by atoms with E-state index in [9.17, 15) is 5.26 Å². The lowest BCUT2D eigenvalue weighted by Crippen LogP contribution is -3.14. The van der Waals surface area contributed by atoms with E-state index in [2.05, 4.69) is 33.3 Å². The monoisotopic (exact) mass is 349 g/mol. The molecule has 1 aliphatic heterocycles. The van der Waals surface area contributed by atoms with Gasteiger partial charge in [-0.15, -0.1) is 0 Å². The fraction of sp³-hybridized carbons (Fsp3) is 0.333. The van der Waals surface area contributed by atoms with Crippen molar-refractivity contribution in [3.63, 3.8) is 0 Å². The standard InChI is InChI=1S/C18H20N8/c1-2-24-8-10-25(11-9-24)17-22-16-14(12-19)13-20-26(16)18(23-17)21-15-6-4-3-5-7-15/h3-7,13H,2,8-11H2,1H3,(H,21,22,23)/p+1. The summed E-state index contributed by atoms with van der Waals surface area (Å²) in [5.74, 6) is 1.20. The highest BCUT2D eigenvalue weighted by molar-refractivity contribution is 5.63. The third-order valence-electron chi connectivity index (χ3n) is 4.76. The molecule has 0 spiro atoms. The fourth-order valence-electron chi connectivity index (χ4n) is 3.19. The summed E-state index contributed by atoms with van der Waals surface area (Å²) < 4.78 is 1.59. The fourth-order valence-corrected chi connectivity index (χ4v) is 3.19. The number of nitrogens with zero attached hydrogens (tertiary/aromatic N) is 6.